The summed E-state index contributed by atoms with van der Waals surface area (Å²) < 4.78 is 13.3. The van der Waals surface area contributed by atoms with Gasteiger partial charge < -0.3 is 5.43 Å². The predicted octanol–water partition coefficient (Wildman–Crippen LogP) is 4.97. The van der Waals surface area contributed by atoms with E-state index in [-0.39, 0.29) is 5.82 Å². The van der Waals surface area contributed by atoms with Crippen molar-refractivity contribution in [3.05, 3.63) is 78.6 Å². The highest BCUT2D eigenvalue weighted by molar-refractivity contribution is 6.07. The van der Waals surface area contributed by atoms with E-state index in [1.165, 1.54) is 12.1 Å². The third-order valence-electron chi connectivity index (χ3n) is 3.74. The van der Waals surface area contributed by atoms with E-state index in [0.717, 1.165) is 27.5 Å². The second-order valence-corrected chi connectivity index (χ2v) is 5.28. The summed E-state index contributed by atoms with van der Waals surface area (Å²) in [6.45, 7) is 0. The Hall–Kier alpha value is -3.14. The minimum absolute atomic E-state index is 0.277. The highest BCUT2D eigenvalue weighted by Crippen LogP contribution is 2.30. The molecule has 4 rings (SSSR count). The van der Waals surface area contributed by atoms with Crippen molar-refractivity contribution in [1.82, 2.24) is 4.98 Å². The van der Waals surface area contributed by atoms with Crippen LogP contribution < -0.4 is 10.9 Å². The van der Waals surface area contributed by atoms with E-state index < -0.39 is 0 Å². The van der Waals surface area contributed by atoms with Gasteiger partial charge in [0.25, 0.3) is 0 Å². The summed E-state index contributed by atoms with van der Waals surface area (Å²) in [5.74, 6) is -0.277. The Morgan fingerprint density at radius 1 is 0.696 bits per heavy atom. The van der Waals surface area contributed by atoms with Crippen molar-refractivity contribution >= 4 is 33.2 Å². The summed E-state index contributed by atoms with van der Waals surface area (Å²) in [5, 5.41) is 2.02. The van der Waals surface area contributed by atoms with Crippen molar-refractivity contribution in [3.63, 3.8) is 0 Å². The number of nitrogens with zero attached hydrogens (tertiary/aromatic N) is 1. The lowest BCUT2D eigenvalue weighted by Crippen LogP contribution is -2.10. The molecule has 0 atom stereocenters. The number of halogens is 1. The number of anilines is 2. The molecule has 0 aliphatic rings. The van der Waals surface area contributed by atoms with Gasteiger partial charge in [0.15, 0.2) is 0 Å². The Morgan fingerprint density at radius 2 is 1.35 bits per heavy atom. The molecule has 3 nitrogen and oxygen atoms in total. The van der Waals surface area contributed by atoms with Gasteiger partial charge >= 0.3 is 0 Å². The number of hydrogen-bond donors (Lipinski definition) is 2. The van der Waals surface area contributed by atoms with Crippen LogP contribution in [0.1, 0.15) is 0 Å². The third kappa shape index (κ3) is 2.55. The Bertz CT molecular complexity index is 944. The lowest BCUT2D eigenvalue weighted by molar-refractivity contribution is 0.628. The first-order valence-electron chi connectivity index (χ1n) is 7.36. The molecule has 0 unspecified atom stereocenters. The van der Waals surface area contributed by atoms with E-state index in [0.29, 0.717) is 5.69 Å². The predicted molar refractivity (Wildman–Crippen MR) is 92.9 cm³/mol. The first kappa shape index (κ1) is 13.5. The van der Waals surface area contributed by atoms with Crippen LogP contribution in [0.4, 0.5) is 15.8 Å². The van der Waals surface area contributed by atoms with Gasteiger partial charge in [0, 0.05) is 10.8 Å². The van der Waals surface area contributed by atoms with Crippen molar-refractivity contribution in [1.29, 1.82) is 0 Å². The Balaban J connectivity index is 1.82. The zero-order valence-electron chi connectivity index (χ0n) is 12.3. The second kappa shape index (κ2) is 5.57. The van der Waals surface area contributed by atoms with Crippen LogP contribution in [0, 0.1) is 5.82 Å². The number of hydrogen-bond acceptors (Lipinski definition) is 3. The molecule has 2 N–H and O–H groups in total. The minimum atomic E-state index is -0.277. The molecule has 0 spiro atoms. The fraction of sp³-hybridized carbons (Fsp3) is 0. The van der Waals surface area contributed by atoms with Crippen LogP contribution in [0.5, 0.6) is 0 Å². The van der Waals surface area contributed by atoms with E-state index in [4.69, 9.17) is 0 Å². The van der Waals surface area contributed by atoms with Gasteiger partial charge in [0.05, 0.1) is 22.4 Å². The highest BCUT2D eigenvalue weighted by Gasteiger charge is 2.08. The minimum Gasteiger partial charge on any atom is -0.301 e. The van der Waals surface area contributed by atoms with Gasteiger partial charge in [-0.1, -0.05) is 42.5 Å². The zero-order valence-corrected chi connectivity index (χ0v) is 12.3. The maximum absolute atomic E-state index is 13.3. The molecule has 0 bridgehead atoms. The Kier molecular flexibility index (Phi) is 3.27. The number of nitrogens with one attached hydrogen (secondary N) is 2. The molecule has 4 heteroatoms. The van der Waals surface area contributed by atoms with Crippen LogP contribution in [-0.2, 0) is 0 Å². The number of aromatic nitrogens is 1. The van der Waals surface area contributed by atoms with Crippen LogP contribution in [-0.4, -0.2) is 4.98 Å². The summed E-state index contributed by atoms with van der Waals surface area (Å²) in [4.78, 5) is 4.68. The maximum Gasteiger partial charge on any atom is 0.125 e. The van der Waals surface area contributed by atoms with Gasteiger partial charge in [-0.05, 0) is 30.3 Å². The van der Waals surface area contributed by atoms with Crippen molar-refractivity contribution in [2.45, 2.75) is 0 Å². The molecule has 0 aliphatic heterocycles. The number of rotatable bonds is 3. The molecule has 0 aliphatic carbocycles. The molecule has 4 aromatic rings. The zero-order chi connectivity index (χ0) is 15.6. The summed E-state index contributed by atoms with van der Waals surface area (Å²) in [6, 6.07) is 22.2. The lowest BCUT2D eigenvalue weighted by Gasteiger charge is -2.14. The number of fused-ring (bicyclic) bond motifs is 2. The summed E-state index contributed by atoms with van der Waals surface area (Å²) >= 11 is 0. The SMILES string of the molecule is Fc1cccc(NNc2c3ccccc3nc3ccccc23)c1. The van der Waals surface area contributed by atoms with Crippen molar-refractivity contribution in [2.75, 3.05) is 10.9 Å². The molecule has 0 amide bonds. The standard InChI is InChI=1S/C19H14FN3/c20-13-6-5-7-14(12-13)22-23-19-15-8-1-3-10-17(15)21-18-11-4-2-9-16(18)19/h1-12,22H,(H,21,23). The van der Waals surface area contributed by atoms with Crippen molar-refractivity contribution in [3.8, 4) is 0 Å². The Labute approximate surface area is 132 Å². The van der Waals surface area contributed by atoms with Crippen LogP contribution in [0.3, 0.4) is 0 Å². The molecular formula is C19H14FN3. The summed E-state index contributed by atoms with van der Waals surface area (Å²) in [7, 11) is 0. The number of para-hydroxylation sites is 2. The van der Waals surface area contributed by atoms with E-state index in [1.54, 1.807) is 6.07 Å². The van der Waals surface area contributed by atoms with E-state index in [1.807, 2.05) is 54.6 Å². The average Bonchev–Trinajstić information content (AvgIpc) is 2.58. The molecule has 3 aromatic carbocycles. The van der Waals surface area contributed by atoms with Gasteiger partial charge in [-0.25, -0.2) is 9.37 Å². The molecular weight excluding hydrogens is 289 g/mol. The number of pyridine rings is 1. The first-order chi connectivity index (χ1) is 11.3. The third-order valence-corrected chi connectivity index (χ3v) is 3.74. The smallest absolute Gasteiger partial charge is 0.125 e. The molecule has 0 fully saturated rings. The topological polar surface area (TPSA) is 37.0 Å². The monoisotopic (exact) mass is 303 g/mol. The van der Waals surface area contributed by atoms with Crippen LogP contribution >= 0.6 is 0 Å². The van der Waals surface area contributed by atoms with Gasteiger partial charge in [0.1, 0.15) is 5.82 Å². The molecule has 23 heavy (non-hydrogen) atoms. The molecule has 0 saturated carbocycles. The largest absolute Gasteiger partial charge is 0.301 e. The maximum atomic E-state index is 13.3. The molecule has 1 aromatic heterocycles. The molecule has 0 radical (unpaired) electrons. The van der Waals surface area contributed by atoms with Crippen molar-refractivity contribution < 1.29 is 4.39 Å². The van der Waals surface area contributed by atoms with Crippen LogP contribution in [0.2, 0.25) is 0 Å². The van der Waals surface area contributed by atoms with Gasteiger partial charge in [-0.3, -0.25) is 5.43 Å². The normalized spacial score (nSPS) is 10.8. The fourth-order valence-corrected chi connectivity index (χ4v) is 2.68. The molecule has 0 saturated heterocycles. The van der Waals surface area contributed by atoms with E-state index in [9.17, 15) is 4.39 Å². The van der Waals surface area contributed by atoms with E-state index >= 15 is 0 Å². The lowest BCUT2D eigenvalue weighted by atomic mass is 10.1. The summed E-state index contributed by atoms with van der Waals surface area (Å²) in [5.41, 5.74) is 9.70. The molecule has 1 heterocycles. The fourth-order valence-electron chi connectivity index (χ4n) is 2.68. The summed E-state index contributed by atoms with van der Waals surface area (Å²) in [6.07, 6.45) is 0. The van der Waals surface area contributed by atoms with E-state index in [2.05, 4.69) is 15.8 Å². The highest BCUT2D eigenvalue weighted by atomic mass is 19.1. The number of benzene rings is 3. The number of hydrazine groups is 1. The average molecular weight is 303 g/mol. The first-order valence-corrected chi connectivity index (χ1v) is 7.36. The van der Waals surface area contributed by atoms with Crippen molar-refractivity contribution in [2.24, 2.45) is 0 Å². The molecule has 112 valence electrons. The Morgan fingerprint density at radius 3 is 2.00 bits per heavy atom. The van der Waals surface area contributed by atoms with Crippen LogP contribution in [0.15, 0.2) is 72.8 Å². The quantitative estimate of drug-likeness (QED) is 0.414. The van der Waals surface area contributed by atoms with Crippen LogP contribution in [0.25, 0.3) is 21.8 Å². The second-order valence-electron chi connectivity index (χ2n) is 5.28. The van der Waals surface area contributed by atoms with Gasteiger partial charge in [-0.2, -0.15) is 0 Å². The van der Waals surface area contributed by atoms with Gasteiger partial charge in [-0.15, -0.1) is 0 Å². The van der Waals surface area contributed by atoms with Gasteiger partial charge in [0.2, 0.25) is 0 Å².